The smallest absolute Gasteiger partial charge is 0.224 e. The summed E-state index contributed by atoms with van der Waals surface area (Å²) in [5.74, 6) is 0.593. The molecule has 8 nitrogen and oxygen atoms in total. The summed E-state index contributed by atoms with van der Waals surface area (Å²) in [5, 5.41) is 20.8. The Hall–Kier alpha value is -3.03. The monoisotopic (exact) mass is 311 g/mol. The number of benzene rings is 1. The summed E-state index contributed by atoms with van der Waals surface area (Å²) >= 11 is 0. The van der Waals surface area contributed by atoms with Crippen molar-refractivity contribution >= 4 is 11.6 Å². The summed E-state index contributed by atoms with van der Waals surface area (Å²) in [6, 6.07) is 7.63. The van der Waals surface area contributed by atoms with E-state index in [-0.39, 0.29) is 5.91 Å². The highest BCUT2D eigenvalue weighted by atomic mass is 16.1. The predicted molar refractivity (Wildman–Crippen MR) is 83.6 cm³/mol. The fraction of sp³-hybridized carbons (Fsp3) is 0.267. The van der Waals surface area contributed by atoms with Gasteiger partial charge in [0.25, 0.3) is 0 Å². The molecule has 0 spiro atoms. The number of anilines is 1. The molecule has 0 aliphatic rings. The SMILES string of the molecule is Cn1cc(CCC(=O)Nc2cccc(Cc3nn[nH]n3)c2)cn1. The van der Waals surface area contributed by atoms with Gasteiger partial charge in [0.2, 0.25) is 5.91 Å². The molecule has 0 aliphatic heterocycles. The third kappa shape index (κ3) is 4.22. The normalized spacial score (nSPS) is 10.7. The van der Waals surface area contributed by atoms with Gasteiger partial charge in [0.15, 0.2) is 5.82 Å². The summed E-state index contributed by atoms with van der Waals surface area (Å²) in [4.78, 5) is 12.0. The number of rotatable bonds is 6. The molecular weight excluding hydrogens is 294 g/mol. The van der Waals surface area contributed by atoms with Crippen molar-refractivity contribution in [1.29, 1.82) is 0 Å². The van der Waals surface area contributed by atoms with Crippen LogP contribution in [0.4, 0.5) is 5.69 Å². The van der Waals surface area contributed by atoms with Crippen LogP contribution in [-0.4, -0.2) is 36.3 Å². The number of tetrazole rings is 1. The molecule has 0 saturated carbocycles. The van der Waals surface area contributed by atoms with Gasteiger partial charge in [-0.1, -0.05) is 17.3 Å². The molecule has 2 aromatic heterocycles. The number of aryl methyl sites for hydroxylation is 2. The Kier molecular flexibility index (Phi) is 4.41. The van der Waals surface area contributed by atoms with Crippen molar-refractivity contribution in [2.45, 2.75) is 19.3 Å². The Morgan fingerprint density at radius 1 is 1.35 bits per heavy atom. The van der Waals surface area contributed by atoms with Crippen LogP contribution in [0.15, 0.2) is 36.7 Å². The van der Waals surface area contributed by atoms with E-state index in [1.807, 2.05) is 37.5 Å². The molecule has 0 unspecified atom stereocenters. The van der Waals surface area contributed by atoms with E-state index >= 15 is 0 Å². The first kappa shape index (κ1) is 14.9. The van der Waals surface area contributed by atoms with E-state index in [0.717, 1.165) is 16.8 Å². The van der Waals surface area contributed by atoms with Crippen molar-refractivity contribution in [2.24, 2.45) is 7.05 Å². The van der Waals surface area contributed by atoms with Crippen LogP contribution in [0.25, 0.3) is 0 Å². The number of aromatic amines is 1. The van der Waals surface area contributed by atoms with Crippen LogP contribution < -0.4 is 5.32 Å². The second-order valence-electron chi connectivity index (χ2n) is 5.28. The average Bonchev–Trinajstić information content (AvgIpc) is 3.17. The summed E-state index contributed by atoms with van der Waals surface area (Å²) in [6.07, 6.45) is 5.34. The number of aromatic nitrogens is 6. The van der Waals surface area contributed by atoms with Crippen LogP contribution in [-0.2, 0) is 24.7 Å². The van der Waals surface area contributed by atoms with E-state index in [0.29, 0.717) is 25.1 Å². The highest BCUT2D eigenvalue weighted by molar-refractivity contribution is 5.90. The molecule has 0 radical (unpaired) electrons. The van der Waals surface area contributed by atoms with Gasteiger partial charge in [-0.25, -0.2) is 0 Å². The molecule has 0 aliphatic carbocycles. The van der Waals surface area contributed by atoms with E-state index < -0.39 is 0 Å². The zero-order chi connectivity index (χ0) is 16.1. The number of carbonyl (C=O) groups excluding carboxylic acids is 1. The van der Waals surface area contributed by atoms with Crippen LogP contribution in [0, 0.1) is 0 Å². The Bertz CT molecular complexity index is 779. The predicted octanol–water partition coefficient (Wildman–Crippen LogP) is 1.10. The van der Waals surface area contributed by atoms with E-state index in [2.05, 4.69) is 31.0 Å². The molecule has 8 heteroatoms. The maximum atomic E-state index is 12.0. The molecule has 118 valence electrons. The van der Waals surface area contributed by atoms with Crippen molar-refractivity contribution in [1.82, 2.24) is 30.4 Å². The average molecular weight is 311 g/mol. The Balaban J connectivity index is 1.55. The molecule has 2 N–H and O–H groups in total. The zero-order valence-electron chi connectivity index (χ0n) is 12.7. The fourth-order valence-corrected chi connectivity index (χ4v) is 2.28. The Morgan fingerprint density at radius 3 is 3.00 bits per heavy atom. The number of hydrogen-bond acceptors (Lipinski definition) is 5. The molecule has 23 heavy (non-hydrogen) atoms. The molecule has 2 heterocycles. The number of H-pyrrole nitrogens is 1. The quantitative estimate of drug-likeness (QED) is 0.709. The lowest BCUT2D eigenvalue weighted by Gasteiger charge is -2.06. The van der Waals surface area contributed by atoms with Crippen molar-refractivity contribution in [2.75, 3.05) is 5.32 Å². The van der Waals surface area contributed by atoms with E-state index in [4.69, 9.17) is 0 Å². The van der Waals surface area contributed by atoms with Gasteiger partial charge in [-0.2, -0.15) is 10.3 Å². The first-order valence-electron chi connectivity index (χ1n) is 7.28. The van der Waals surface area contributed by atoms with Crippen molar-refractivity contribution < 1.29 is 4.79 Å². The van der Waals surface area contributed by atoms with Crippen LogP contribution in [0.1, 0.15) is 23.4 Å². The van der Waals surface area contributed by atoms with E-state index in [1.54, 1.807) is 10.9 Å². The van der Waals surface area contributed by atoms with Gasteiger partial charge in [-0.05, 0) is 29.7 Å². The number of nitrogens with zero attached hydrogens (tertiary/aromatic N) is 5. The van der Waals surface area contributed by atoms with Crippen LogP contribution >= 0.6 is 0 Å². The zero-order valence-corrected chi connectivity index (χ0v) is 12.7. The number of hydrogen-bond donors (Lipinski definition) is 2. The van der Waals surface area contributed by atoms with E-state index in [9.17, 15) is 4.79 Å². The largest absolute Gasteiger partial charge is 0.326 e. The minimum Gasteiger partial charge on any atom is -0.326 e. The van der Waals surface area contributed by atoms with Crippen LogP contribution in [0.5, 0.6) is 0 Å². The number of amides is 1. The van der Waals surface area contributed by atoms with Crippen molar-refractivity contribution in [3.63, 3.8) is 0 Å². The second-order valence-corrected chi connectivity index (χ2v) is 5.28. The molecular formula is C15H17N7O. The highest BCUT2D eigenvalue weighted by Crippen LogP contribution is 2.13. The standard InChI is InChI=1S/C15H17N7O/c1-22-10-12(9-16-22)5-6-15(23)17-13-4-2-3-11(7-13)8-14-18-20-21-19-14/h2-4,7,9-10H,5-6,8H2,1H3,(H,17,23)(H,18,19,20,21). The second kappa shape index (κ2) is 6.82. The first-order chi connectivity index (χ1) is 11.2. The maximum Gasteiger partial charge on any atom is 0.224 e. The maximum absolute atomic E-state index is 12.0. The molecule has 0 fully saturated rings. The number of nitrogens with one attached hydrogen (secondary N) is 2. The van der Waals surface area contributed by atoms with Gasteiger partial charge >= 0.3 is 0 Å². The lowest BCUT2D eigenvalue weighted by atomic mass is 10.1. The Labute approximate surface area is 132 Å². The molecule has 1 aromatic carbocycles. The van der Waals surface area contributed by atoms with Gasteiger partial charge in [0.1, 0.15) is 0 Å². The number of carbonyl (C=O) groups is 1. The van der Waals surface area contributed by atoms with Crippen molar-refractivity contribution in [3.05, 3.63) is 53.6 Å². The summed E-state index contributed by atoms with van der Waals surface area (Å²) in [6.45, 7) is 0. The molecule has 0 bridgehead atoms. The lowest BCUT2D eigenvalue weighted by Crippen LogP contribution is -2.12. The Morgan fingerprint density at radius 2 is 2.26 bits per heavy atom. The van der Waals surface area contributed by atoms with Gasteiger partial charge < -0.3 is 5.32 Å². The van der Waals surface area contributed by atoms with E-state index in [1.165, 1.54) is 0 Å². The first-order valence-corrected chi connectivity index (χ1v) is 7.28. The fourth-order valence-electron chi connectivity index (χ4n) is 2.28. The minimum absolute atomic E-state index is 0.0226. The van der Waals surface area contributed by atoms with Gasteiger partial charge in [0, 0.05) is 31.8 Å². The lowest BCUT2D eigenvalue weighted by molar-refractivity contribution is -0.116. The van der Waals surface area contributed by atoms with Gasteiger partial charge in [0.05, 0.1) is 6.20 Å². The summed E-state index contributed by atoms with van der Waals surface area (Å²) in [5.41, 5.74) is 2.83. The molecule has 0 saturated heterocycles. The third-order valence-corrected chi connectivity index (χ3v) is 3.36. The molecule has 3 aromatic rings. The topological polar surface area (TPSA) is 101 Å². The van der Waals surface area contributed by atoms with Gasteiger partial charge in [-0.15, -0.1) is 10.2 Å². The highest BCUT2D eigenvalue weighted by Gasteiger charge is 2.06. The van der Waals surface area contributed by atoms with Gasteiger partial charge in [-0.3, -0.25) is 9.48 Å². The summed E-state index contributed by atoms with van der Waals surface area (Å²) in [7, 11) is 1.86. The third-order valence-electron chi connectivity index (χ3n) is 3.36. The molecule has 1 amide bonds. The van der Waals surface area contributed by atoms with Crippen LogP contribution in [0.2, 0.25) is 0 Å². The molecule has 0 atom stereocenters. The molecule has 3 rings (SSSR count). The minimum atomic E-state index is -0.0226. The van der Waals surface area contributed by atoms with Crippen LogP contribution in [0.3, 0.4) is 0 Å². The van der Waals surface area contributed by atoms with Crippen molar-refractivity contribution in [3.8, 4) is 0 Å². The summed E-state index contributed by atoms with van der Waals surface area (Å²) < 4.78 is 1.73.